The maximum absolute atomic E-state index is 5.82. The molecule has 0 bridgehead atoms. The minimum absolute atomic E-state index is 0.533. The van der Waals surface area contributed by atoms with Crippen molar-refractivity contribution in [2.24, 2.45) is 0 Å². The molecule has 0 aliphatic heterocycles. The van der Waals surface area contributed by atoms with E-state index in [1.165, 1.54) is 11.8 Å². The van der Waals surface area contributed by atoms with Gasteiger partial charge in [-0.3, -0.25) is 0 Å². The normalized spacial score (nSPS) is 10.6. The van der Waals surface area contributed by atoms with Crippen molar-refractivity contribution in [2.45, 2.75) is 20.0 Å². The van der Waals surface area contributed by atoms with Gasteiger partial charge < -0.3 is 0 Å². The van der Waals surface area contributed by atoms with Gasteiger partial charge in [0, 0.05) is 20.5 Å². The fourth-order valence-electron chi connectivity index (χ4n) is 1.61. The zero-order valence-electron chi connectivity index (χ0n) is 11.1. The van der Waals surface area contributed by atoms with Crippen LogP contribution in [0.1, 0.15) is 0 Å². The fourth-order valence-corrected chi connectivity index (χ4v) is 3.69. The molecule has 0 radical (unpaired) electrons. The van der Waals surface area contributed by atoms with E-state index in [1.54, 1.807) is 30.4 Å². The summed E-state index contributed by atoms with van der Waals surface area (Å²) in [7, 11) is 0. The van der Waals surface area contributed by atoms with Crippen LogP contribution in [-0.4, -0.2) is 15.0 Å². The van der Waals surface area contributed by atoms with Crippen LogP contribution in [0, 0.1) is 0 Å². The first-order chi connectivity index (χ1) is 10.7. The van der Waals surface area contributed by atoms with Crippen LogP contribution in [0.3, 0.4) is 0 Å². The van der Waals surface area contributed by atoms with Crippen molar-refractivity contribution in [3.05, 3.63) is 64.5 Å². The van der Waals surface area contributed by atoms with Gasteiger partial charge in [0.1, 0.15) is 5.03 Å². The third-order valence-corrected chi connectivity index (χ3v) is 5.35. The van der Waals surface area contributed by atoms with Gasteiger partial charge in [-0.25, -0.2) is 15.0 Å². The number of hydrogen-bond acceptors (Lipinski definition) is 5. The zero-order valence-corrected chi connectivity index (χ0v) is 15.1. The highest BCUT2D eigenvalue weighted by molar-refractivity contribution is 9.10. The van der Waals surface area contributed by atoms with Gasteiger partial charge in [0.15, 0.2) is 5.16 Å². The summed E-state index contributed by atoms with van der Waals surface area (Å²) in [5, 5.41) is 2.14. The molecule has 2 heterocycles. The molecule has 0 unspecified atom stereocenters. The van der Waals surface area contributed by atoms with Crippen LogP contribution in [0.4, 0.5) is 0 Å². The Bertz CT molecular complexity index is 700. The third kappa shape index (κ3) is 4.23. The maximum Gasteiger partial charge on any atom is 0.192 e. The van der Waals surface area contributed by atoms with Gasteiger partial charge in [-0.1, -0.05) is 35.5 Å². The molecular weight excluding hydrogens is 402 g/mol. The van der Waals surface area contributed by atoms with Crippen molar-refractivity contribution in [3.63, 3.8) is 0 Å². The van der Waals surface area contributed by atoms with E-state index in [0.717, 1.165) is 19.3 Å². The monoisotopic (exact) mass is 409 g/mol. The number of rotatable bonds is 4. The second-order valence-electron chi connectivity index (χ2n) is 4.15. The van der Waals surface area contributed by atoms with E-state index in [2.05, 4.69) is 36.9 Å². The lowest BCUT2D eigenvalue weighted by atomic mass is 10.4. The Morgan fingerprint density at radius 3 is 2.14 bits per heavy atom. The average Bonchev–Trinajstić information content (AvgIpc) is 2.54. The molecule has 2 aromatic heterocycles. The van der Waals surface area contributed by atoms with Gasteiger partial charge in [0.05, 0.1) is 17.4 Å². The molecule has 3 rings (SSSR count). The lowest BCUT2D eigenvalue weighted by molar-refractivity contribution is 0.964. The first-order valence-corrected chi connectivity index (χ1v) is 9.05. The Hall–Kier alpha value is -1.08. The Labute approximate surface area is 150 Å². The summed E-state index contributed by atoms with van der Waals surface area (Å²) in [6.07, 6.45) is 4.99. The number of nitrogens with zero attached hydrogens (tertiary/aromatic N) is 3. The molecule has 3 nitrogen and oxygen atoms in total. The van der Waals surface area contributed by atoms with E-state index in [1.807, 2.05) is 30.3 Å². The number of pyridine rings is 1. The van der Waals surface area contributed by atoms with Gasteiger partial charge in [-0.2, -0.15) is 0 Å². The van der Waals surface area contributed by atoms with Crippen molar-refractivity contribution in [1.29, 1.82) is 0 Å². The predicted octanol–water partition coefficient (Wildman–Crippen LogP) is 5.59. The van der Waals surface area contributed by atoms with Crippen LogP contribution in [0.25, 0.3) is 0 Å². The fraction of sp³-hybridized carbons (Fsp3) is 0. The van der Waals surface area contributed by atoms with E-state index in [4.69, 9.17) is 11.6 Å². The number of halogens is 2. The van der Waals surface area contributed by atoms with Crippen molar-refractivity contribution < 1.29 is 0 Å². The highest BCUT2D eigenvalue weighted by Crippen LogP contribution is 2.37. The highest BCUT2D eigenvalue weighted by Gasteiger charge is 2.08. The van der Waals surface area contributed by atoms with E-state index >= 15 is 0 Å². The molecule has 22 heavy (non-hydrogen) atoms. The molecule has 3 aromatic rings. The molecule has 0 fully saturated rings. The highest BCUT2D eigenvalue weighted by atomic mass is 79.9. The number of benzene rings is 1. The average molecular weight is 411 g/mol. The minimum atomic E-state index is 0.533. The quantitative estimate of drug-likeness (QED) is 0.524. The van der Waals surface area contributed by atoms with Gasteiger partial charge >= 0.3 is 0 Å². The summed E-state index contributed by atoms with van der Waals surface area (Å²) in [6.45, 7) is 0. The van der Waals surface area contributed by atoms with Crippen LogP contribution in [0.15, 0.2) is 79.4 Å². The van der Waals surface area contributed by atoms with Crippen LogP contribution in [-0.2, 0) is 0 Å². The van der Waals surface area contributed by atoms with E-state index in [0.29, 0.717) is 10.2 Å². The van der Waals surface area contributed by atoms with Gasteiger partial charge in [-0.15, -0.1) is 0 Å². The number of hydrogen-bond donors (Lipinski definition) is 0. The van der Waals surface area contributed by atoms with Crippen molar-refractivity contribution in [1.82, 2.24) is 15.0 Å². The summed E-state index contributed by atoms with van der Waals surface area (Å²) in [5.74, 6) is 0. The van der Waals surface area contributed by atoms with Crippen molar-refractivity contribution in [3.8, 4) is 0 Å². The van der Waals surface area contributed by atoms with Crippen molar-refractivity contribution >= 4 is 51.1 Å². The second kappa shape index (κ2) is 7.46. The van der Waals surface area contributed by atoms with Gasteiger partial charge in [0.2, 0.25) is 0 Å². The standard InChI is InChI=1S/C15H9BrClN3S2/c16-10-5-6-14(18-7-10)21-12-3-1-2-4-13(12)22-15-19-8-11(17)9-20-15/h1-9H. The van der Waals surface area contributed by atoms with Gasteiger partial charge in [0.25, 0.3) is 0 Å². The Morgan fingerprint density at radius 2 is 1.50 bits per heavy atom. The van der Waals surface area contributed by atoms with Crippen LogP contribution < -0.4 is 0 Å². The summed E-state index contributed by atoms with van der Waals surface area (Å²) < 4.78 is 0.967. The SMILES string of the molecule is Clc1cnc(Sc2ccccc2Sc2ccc(Br)cn2)nc1. The van der Waals surface area contributed by atoms with Crippen LogP contribution in [0.5, 0.6) is 0 Å². The van der Waals surface area contributed by atoms with Gasteiger partial charge in [-0.05, 0) is 52.0 Å². The minimum Gasteiger partial charge on any atom is -0.248 e. The number of aromatic nitrogens is 3. The molecule has 0 amide bonds. The zero-order chi connectivity index (χ0) is 15.4. The lowest BCUT2D eigenvalue weighted by Gasteiger charge is -2.07. The molecule has 0 N–H and O–H groups in total. The largest absolute Gasteiger partial charge is 0.248 e. The van der Waals surface area contributed by atoms with E-state index < -0.39 is 0 Å². The first kappa shape index (κ1) is 15.8. The third-order valence-electron chi connectivity index (χ3n) is 2.56. The molecule has 0 saturated heterocycles. The summed E-state index contributed by atoms with van der Waals surface area (Å²) in [5.41, 5.74) is 0. The Morgan fingerprint density at radius 1 is 0.818 bits per heavy atom. The van der Waals surface area contributed by atoms with E-state index in [-0.39, 0.29) is 0 Å². The molecule has 0 spiro atoms. The second-order valence-corrected chi connectivity index (χ2v) is 7.57. The lowest BCUT2D eigenvalue weighted by Crippen LogP contribution is -1.86. The molecule has 0 atom stereocenters. The van der Waals surface area contributed by atoms with E-state index in [9.17, 15) is 0 Å². The molecule has 0 saturated carbocycles. The summed E-state index contributed by atoms with van der Waals surface area (Å²) >= 11 is 12.3. The molecule has 0 aliphatic rings. The topological polar surface area (TPSA) is 38.7 Å². The summed E-state index contributed by atoms with van der Waals surface area (Å²) in [6, 6.07) is 12.1. The predicted molar refractivity (Wildman–Crippen MR) is 93.7 cm³/mol. The van der Waals surface area contributed by atoms with Crippen LogP contribution >= 0.6 is 51.1 Å². The molecule has 0 aliphatic carbocycles. The molecular formula is C15H9BrClN3S2. The summed E-state index contributed by atoms with van der Waals surface area (Å²) in [4.78, 5) is 15.0. The molecule has 1 aromatic carbocycles. The first-order valence-electron chi connectivity index (χ1n) is 6.24. The molecule has 110 valence electrons. The molecule has 7 heteroatoms. The maximum atomic E-state index is 5.82. The Balaban J connectivity index is 1.83. The van der Waals surface area contributed by atoms with Crippen LogP contribution in [0.2, 0.25) is 5.02 Å². The smallest absolute Gasteiger partial charge is 0.192 e. The van der Waals surface area contributed by atoms with Crippen molar-refractivity contribution in [2.75, 3.05) is 0 Å². The Kier molecular flexibility index (Phi) is 5.36.